The van der Waals surface area contributed by atoms with Crippen LogP contribution in [-0.2, 0) is 0 Å². The smallest absolute Gasteiger partial charge is 0.173 e. The van der Waals surface area contributed by atoms with Gasteiger partial charge in [0.15, 0.2) is 16.6 Å². The van der Waals surface area contributed by atoms with Crippen molar-refractivity contribution in [3.05, 3.63) is 30.3 Å². The lowest BCUT2D eigenvalue weighted by Crippen LogP contribution is -2.34. The number of nitrogens with zero attached hydrogens (tertiary/aromatic N) is 3. The molecule has 6 nitrogen and oxygen atoms in total. The number of anilines is 1. The van der Waals surface area contributed by atoms with Gasteiger partial charge >= 0.3 is 0 Å². The molecule has 0 unspecified atom stereocenters. The summed E-state index contributed by atoms with van der Waals surface area (Å²) in [5.74, 6) is 1.44. The van der Waals surface area contributed by atoms with Crippen LogP contribution in [0.1, 0.15) is 13.8 Å². The monoisotopic (exact) mass is 368 g/mol. The van der Waals surface area contributed by atoms with Crippen molar-refractivity contribution in [3.63, 3.8) is 0 Å². The Kier molecular flexibility index (Phi) is 4.46. The van der Waals surface area contributed by atoms with Crippen LogP contribution in [0.25, 0.3) is 22.1 Å². The molecule has 0 saturated heterocycles. The van der Waals surface area contributed by atoms with Gasteiger partial charge in [-0.15, -0.1) is 0 Å². The topological polar surface area (TPSA) is 59.5 Å². The number of benzene rings is 2. The standard InChI is InChI=1S/C19H20N4O2S/c1-3-23(4-2)19(26)20-12-5-6-13-14(9-12)22-16-11-18-17(10-15(16)21-13)24-7-8-25-18/h5-6,9-11H,3-4,7-8H2,1-2H3,(H,20,26). The molecule has 4 rings (SSSR count). The Morgan fingerprint density at radius 1 is 0.962 bits per heavy atom. The first-order valence-electron chi connectivity index (χ1n) is 8.75. The molecule has 2 heterocycles. The van der Waals surface area contributed by atoms with Gasteiger partial charge in [0.05, 0.1) is 22.1 Å². The van der Waals surface area contributed by atoms with Gasteiger partial charge in [-0.05, 0) is 44.3 Å². The predicted molar refractivity (Wildman–Crippen MR) is 107 cm³/mol. The quantitative estimate of drug-likeness (QED) is 0.560. The SMILES string of the molecule is CCN(CC)C(=S)Nc1ccc2nc3cc4c(cc3nc2c1)OCCO4. The number of thiocarbonyl (C=S) groups is 1. The van der Waals surface area contributed by atoms with Crippen LogP contribution in [0.5, 0.6) is 11.5 Å². The van der Waals surface area contributed by atoms with Crippen LogP contribution in [0.15, 0.2) is 30.3 Å². The highest BCUT2D eigenvalue weighted by Crippen LogP contribution is 2.34. The molecule has 0 bridgehead atoms. The van der Waals surface area contributed by atoms with Crippen LogP contribution in [-0.4, -0.2) is 46.3 Å². The van der Waals surface area contributed by atoms with E-state index in [0.717, 1.165) is 52.3 Å². The average Bonchev–Trinajstić information content (AvgIpc) is 2.65. The fraction of sp³-hybridized carbons (Fsp3) is 0.316. The van der Waals surface area contributed by atoms with Crippen molar-refractivity contribution >= 4 is 45.1 Å². The lowest BCUT2D eigenvalue weighted by atomic mass is 10.2. The molecule has 0 radical (unpaired) electrons. The van der Waals surface area contributed by atoms with E-state index in [0.29, 0.717) is 18.3 Å². The first-order valence-corrected chi connectivity index (χ1v) is 9.16. The molecule has 0 fully saturated rings. The molecule has 1 aliphatic heterocycles. The number of nitrogens with one attached hydrogen (secondary N) is 1. The van der Waals surface area contributed by atoms with Gasteiger partial charge in [0.25, 0.3) is 0 Å². The molecular weight excluding hydrogens is 348 g/mol. The number of rotatable bonds is 3. The Balaban J connectivity index is 1.71. The van der Waals surface area contributed by atoms with E-state index in [1.807, 2.05) is 30.3 Å². The van der Waals surface area contributed by atoms with Crippen molar-refractivity contribution in [2.75, 3.05) is 31.6 Å². The van der Waals surface area contributed by atoms with E-state index in [4.69, 9.17) is 31.7 Å². The largest absolute Gasteiger partial charge is 0.486 e. The van der Waals surface area contributed by atoms with Crippen molar-refractivity contribution in [3.8, 4) is 11.5 Å². The van der Waals surface area contributed by atoms with Crippen LogP contribution < -0.4 is 14.8 Å². The maximum absolute atomic E-state index is 5.64. The van der Waals surface area contributed by atoms with E-state index in [-0.39, 0.29) is 0 Å². The first kappa shape index (κ1) is 16.8. The molecule has 0 atom stereocenters. The van der Waals surface area contributed by atoms with Crippen molar-refractivity contribution in [2.24, 2.45) is 0 Å². The van der Waals surface area contributed by atoms with E-state index in [1.54, 1.807) is 0 Å². The summed E-state index contributed by atoms with van der Waals surface area (Å²) in [5, 5.41) is 3.99. The van der Waals surface area contributed by atoms with Crippen molar-refractivity contribution in [1.82, 2.24) is 14.9 Å². The van der Waals surface area contributed by atoms with Crippen LogP contribution in [0.4, 0.5) is 5.69 Å². The summed E-state index contributed by atoms with van der Waals surface area (Å²) in [5.41, 5.74) is 4.11. The Morgan fingerprint density at radius 2 is 1.54 bits per heavy atom. The van der Waals surface area contributed by atoms with E-state index in [2.05, 4.69) is 24.1 Å². The molecule has 26 heavy (non-hydrogen) atoms. The van der Waals surface area contributed by atoms with E-state index < -0.39 is 0 Å². The molecule has 0 amide bonds. The second kappa shape index (κ2) is 6.92. The Morgan fingerprint density at radius 3 is 2.15 bits per heavy atom. The maximum Gasteiger partial charge on any atom is 0.173 e. The lowest BCUT2D eigenvalue weighted by molar-refractivity contribution is 0.172. The normalized spacial score (nSPS) is 13.0. The van der Waals surface area contributed by atoms with E-state index in [1.165, 1.54) is 0 Å². The number of hydrogen-bond acceptors (Lipinski definition) is 5. The molecule has 0 spiro atoms. The van der Waals surface area contributed by atoms with Crippen molar-refractivity contribution in [1.29, 1.82) is 0 Å². The van der Waals surface area contributed by atoms with Crippen LogP contribution in [0, 0.1) is 0 Å². The van der Waals surface area contributed by atoms with Gasteiger partial charge in [-0.1, -0.05) is 0 Å². The van der Waals surface area contributed by atoms with Crippen LogP contribution in [0.2, 0.25) is 0 Å². The summed E-state index contributed by atoms with van der Waals surface area (Å²) in [7, 11) is 0. The number of ether oxygens (including phenoxy) is 2. The molecule has 1 aliphatic rings. The fourth-order valence-corrected chi connectivity index (χ4v) is 3.38. The Bertz CT molecular complexity index is 988. The van der Waals surface area contributed by atoms with Gasteiger partial charge in [-0.25, -0.2) is 9.97 Å². The molecule has 0 aliphatic carbocycles. The molecule has 1 N–H and O–H groups in total. The third kappa shape index (κ3) is 3.10. The molecule has 134 valence electrons. The second-order valence-corrected chi connectivity index (χ2v) is 6.40. The minimum atomic E-state index is 0.552. The Hall–Kier alpha value is -2.67. The zero-order valence-electron chi connectivity index (χ0n) is 14.8. The lowest BCUT2D eigenvalue weighted by Gasteiger charge is -2.22. The molecule has 7 heteroatoms. The number of hydrogen-bond donors (Lipinski definition) is 1. The number of fused-ring (bicyclic) bond motifs is 3. The molecule has 1 aromatic heterocycles. The third-order valence-electron chi connectivity index (χ3n) is 4.40. The minimum Gasteiger partial charge on any atom is -0.486 e. The predicted octanol–water partition coefficient (Wildman–Crippen LogP) is 3.59. The zero-order chi connectivity index (χ0) is 18.1. The third-order valence-corrected chi connectivity index (χ3v) is 4.76. The van der Waals surface area contributed by atoms with Gasteiger partial charge in [0.1, 0.15) is 13.2 Å². The molecule has 3 aromatic rings. The van der Waals surface area contributed by atoms with Crippen LogP contribution >= 0.6 is 12.2 Å². The molecule has 2 aromatic carbocycles. The summed E-state index contributed by atoms with van der Waals surface area (Å²) >= 11 is 5.47. The number of aromatic nitrogens is 2. The van der Waals surface area contributed by atoms with E-state index >= 15 is 0 Å². The van der Waals surface area contributed by atoms with Crippen molar-refractivity contribution < 1.29 is 9.47 Å². The fourth-order valence-electron chi connectivity index (χ4n) is 3.00. The highest BCUT2D eigenvalue weighted by molar-refractivity contribution is 7.80. The molecular formula is C19H20N4O2S. The minimum absolute atomic E-state index is 0.552. The highest BCUT2D eigenvalue weighted by Gasteiger charge is 2.14. The van der Waals surface area contributed by atoms with Gasteiger partial charge in [0, 0.05) is 30.9 Å². The van der Waals surface area contributed by atoms with Gasteiger partial charge in [0.2, 0.25) is 0 Å². The average molecular weight is 368 g/mol. The zero-order valence-corrected chi connectivity index (χ0v) is 15.6. The van der Waals surface area contributed by atoms with Gasteiger partial charge in [-0.2, -0.15) is 0 Å². The van der Waals surface area contributed by atoms with E-state index in [9.17, 15) is 0 Å². The van der Waals surface area contributed by atoms with Gasteiger partial charge < -0.3 is 19.7 Å². The summed E-state index contributed by atoms with van der Waals surface area (Å²) in [6.45, 7) is 7.02. The van der Waals surface area contributed by atoms with Crippen LogP contribution in [0.3, 0.4) is 0 Å². The first-order chi connectivity index (χ1) is 12.7. The van der Waals surface area contributed by atoms with Crippen molar-refractivity contribution in [2.45, 2.75) is 13.8 Å². The maximum atomic E-state index is 5.64. The molecule has 0 saturated carbocycles. The summed E-state index contributed by atoms with van der Waals surface area (Å²) in [4.78, 5) is 11.5. The summed E-state index contributed by atoms with van der Waals surface area (Å²) in [6, 6.07) is 9.66. The Labute approximate surface area is 157 Å². The second-order valence-electron chi connectivity index (χ2n) is 6.01. The summed E-state index contributed by atoms with van der Waals surface area (Å²) in [6.07, 6.45) is 0. The van der Waals surface area contributed by atoms with Gasteiger partial charge in [-0.3, -0.25) is 0 Å². The highest BCUT2D eigenvalue weighted by atomic mass is 32.1. The summed E-state index contributed by atoms with van der Waals surface area (Å²) < 4.78 is 11.3.